The number of rotatable bonds is 4. The lowest BCUT2D eigenvalue weighted by atomic mass is 9.72. The van der Waals surface area contributed by atoms with E-state index in [1.165, 1.54) is 77.0 Å². The Bertz CT molecular complexity index is 518. The van der Waals surface area contributed by atoms with E-state index in [0.29, 0.717) is 0 Å². The molecule has 0 amide bonds. The molecule has 0 spiro atoms. The molecule has 0 radical (unpaired) electrons. The zero-order valence-electron chi connectivity index (χ0n) is 15.1. The van der Waals surface area contributed by atoms with Gasteiger partial charge in [0.2, 0.25) is 0 Å². The Hall–Kier alpha value is -0.780. The molecule has 2 aliphatic carbocycles. The smallest absolute Gasteiger partial charge is 0.0156 e. The molecule has 3 rings (SSSR count). The third-order valence-electron chi connectivity index (χ3n) is 6.25. The van der Waals surface area contributed by atoms with Crippen molar-refractivity contribution in [1.82, 2.24) is 0 Å². The van der Waals surface area contributed by atoms with Crippen LogP contribution in [-0.2, 0) is 25.7 Å². The van der Waals surface area contributed by atoms with Crippen molar-refractivity contribution < 1.29 is 0 Å². The Balaban J connectivity index is 2.17. The second kappa shape index (κ2) is 7.20. The van der Waals surface area contributed by atoms with E-state index in [0.717, 1.165) is 5.92 Å². The standard InChI is InChI=1S/C22H34/c1-4-11-19-16(3)20-14-9-10-15-21(20)22(18(19)5-2)17-12-7-6-8-13-17/h17H,4-15H2,1-3H3. The van der Waals surface area contributed by atoms with Gasteiger partial charge in [-0.15, -0.1) is 0 Å². The van der Waals surface area contributed by atoms with Gasteiger partial charge in [-0.3, -0.25) is 0 Å². The maximum Gasteiger partial charge on any atom is -0.0156 e. The van der Waals surface area contributed by atoms with Crippen LogP contribution >= 0.6 is 0 Å². The van der Waals surface area contributed by atoms with Gasteiger partial charge in [-0.1, -0.05) is 39.5 Å². The predicted molar refractivity (Wildman–Crippen MR) is 97.0 cm³/mol. The van der Waals surface area contributed by atoms with E-state index in [1.807, 2.05) is 11.1 Å². The van der Waals surface area contributed by atoms with Gasteiger partial charge in [-0.25, -0.2) is 0 Å². The lowest BCUT2D eigenvalue weighted by molar-refractivity contribution is 0.437. The van der Waals surface area contributed by atoms with Gasteiger partial charge >= 0.3 is 0 Å². The van der Waals surface area contributed by atoms with Crippen LogP contribution < -0.4 is 0 Å². The molecule has 1 aromatic rings. The summed E-state index contributed by atoms with van der Waals surface area (Å²) in [6.07, 6.45) is 16.7. The first kappa shape index (κ1) is 16.1. The fraction of sp³-hybridized carbons (Fsp3) is 0.727. The third-order valence-corrected chi connectivity index (χ3v) is 6.25. The summed E-state index contributed by atoms with van der Waals surface area (Å²) in [4.78, 5) is 0. The predicted octanol–water partition coefficient (Wildman–Crippen LogP) is 6.44. The molecule has 0 saturated heterocycles. The fourth-order valence-corrected chi connectivity index (χ4v) is 5.25. The van der Waals surface area contributed by atoms with Gasteiger partial charge in [0.05, 0.1) is 0 Å². The number of hydrogen-bond acceptors (Lipinski definition) is 0. The molecule has 0 N–H and O–H groups in total. The van der Waals surface area contributed by atoms with Crippen molar-refractivity contribution in [2.75, 3.05) is 0 Å². The largest absolute Gasteiger partial charge is 0.0651 e. The molecule has 0 aliphatic heterocycles. The Kier molecular flexibility index (Phi) is 5.26. The van der Waals surface area contributed by atoms with Crippen LogP contribution in [0.4, 0.5) is 0 Å². The van der Waals surface area contributed by atoms with Crippen molar-refractivity contribution in [3.63, 3.8) is 0 Å². The van der Waals surface area contributed by atoms with Crippen LogP contribution in [0.5, 0.6) is 0 Å². The number of benzene rings is 1. The summed E-state index contributed by atoms with van der Waals surface area (Å²) in [5, 5.41) is 0. The zero-order chi connectivity index (χ0) is 15.5. The normalized spacial score (nSPS) is 19.2. The molecule has 1 saturated carbocycles. The Morgan fingerprint density at radius 1 is 0.818 bits per heavy atom. The van der Waals surface area contributed by atoms with Gasteiger partial charge in [-0.05, 0) is 97.6 Å². The molecule has 2 aliphatic rings. The lowest BCUT2D eigenvalue weighted by Crippen LogP contribution is -2.18. The van der Waals surface area contributed by atoms with Gasteiger partial charge < -0.3 is 0 Å². The topological polar surface area (TPSA) is 0 Å². The van der Waals surface area contributed by atoms with Gasteiger partial charge in [0.25, 0.3) is 0 Å². The first-order chi connectivity index (χ1) is 10.8. The zero-order valence-corrected chi connectivity index (χ0v) is 15.1. The molecule has 1 fully saturated rings. The molecule has 0 unspecified atom stereocenters. The molecule has 0 bridgehead atoms. The van der Waals surface area contributed by atoms with E-state index in [1.54, 1.807) is 22.3 Å². The Morgan fingerprint density at radius 2 is 1.50 bits per heavy atom. The van der Waals surface area contributed by atoms with Crippen LogP contribution in [0.15, 0.2) is 0 Å². The monoisotopic (exact) mass is 298 g/mol. The van der Waals surface area contributed by atoms with E-state index in [2.05, 4.69) is 20.8 Å². The minimum absolute atomic E-state index is 0.881. The van der Waals surface area contributed by atoms with E-state index in [-0.39, 0.29) is 0 Å². The molecule has 0 heterocycles. The quantitative estimate of drug-likeness (QED) is 0.600. The van der Waals surface area contributed by atoms with Gasteiger partial charge in [-0.2, -0.15) is 0 Å². The maximum atomic E-state index is 2.43. The Labute approximate surface area is 137 Å². The van der Waals surface area contributed by atoms with E-state index in [9.17, 15) is 0 Å². The van der Waals surface area contributed by atoms with Crippen molar-refractivity contribution in [2.45, 2.75) is 104 Å². The molecule has 22 heavy (non-hydrogen) atoms. The summed E-state index contributed by atoms with van der Waals surface area (Å²) in [7, 11) is 0. The highest BCUT2D eigenvalue weighted by Crippen LogP contribution is 2.42. The van der Waals surface area contributed by atoms with Crippen LogP contribution in [0, 0.1) is 6.92 Å². The first-order valence-corrected chi connectivity index (χ1v) is 9.93. The molecule has 0 heteroatoms. The first-order valence-electron chi connectivity index (χ1n) is 9.93. The highest BCUT2D eigenvalue weighted by Gasteiger charge is 2.27. The molecule has 0 nitrogen and oxygen atoms in total. The van der Waals surface area contributed by atoms with Gasteiger partial charge in [0.15, 0.2) is 0 Å². The number of fused-ring (bicyclic) bond motifs is 1. The third kappa shape index (κ3) is 2.86. The van der Waals surface area contributed by atoms with Gasteiger partial charge in [0.1, 0.15) is 0 Å². The molecule has 1 aromatic carbocycles. The van der Waals surface area contributed by atoms with Crippen LogP contribution in [0.25, 0.3) is 0 Å². The van der Waals surface area contributed by atoms with Crippen molar-refractivity contribution >= 4 is 0 Å². The SMILES string of the molecule is CCCc1c(C)c2c(c(C3CCCCC3)c1CC)CCCC2. The maximum absolute atomic E-state index is 2.43. The molecular weight excluding hydrogens is 264 g/mol. The molecule has 122 valence electrons. The van der Waals surface area contributed by atoms with E-state index >= 15 is 0 Å². The van der Waals surface area contributed by atoms with Crippen LogP contribution in [0.1, 0.15) is 105 Å². The van der Waals surface area contributed by atoms with Crippen LogP contribution in [-0.4, -0.2) is 0 Å². The summed E-state index contributed by atoms with van der Waals surface area (Å²) >= 11 is 0. The number of hydrogen-bond donors (Lipinski definition) is 0. The summed E-state index contributed by atoms with van der Waals surface area (Å²) in [5.41, 5.74) is 10.6. The minimum atomic E-state index is 0.881. The average molecular weight is 299 g/mol. The van der Waals surface area contributed by atoms with Crippen LogP contribution in [0.3, 0.4) is 0 Å². The average Bonchev–Trinajstić information content (AvgIpc) is 2.58. The second-order valence-corrected chi connectivity index (χ2v) is 7.60. The van der Waals surface area contributed by atoms with Gasteiger partial charge in [0, 0.05) is 0 Å². The highest BCUT2D eigenvalue weighted by molar-refractivity contribution is 5.54. The Morgan fingerprint density at radius 3 is 2.14 bits per heavy atom. The van der Waals surface area contributed by atoms with E-state index in [4.69, 9.17) is 0 Å². The summed E-state index contributed by atoms with van der Waals surface area (Å²) in [6.45, 7) is 7.17. The van der Waals surface area contributed by atoms with Crippen LogP contribution in [0.2, 0.25) is 0 Å². The van der Waals surface area contributed by atoms with Crippen molar-refractivity contribution in [1.29, 1.82) is 0 Å². The fourth-order valence-electron chi connectivity index (χ4n) is 5.25. The van der Waals surface area contributed by atoms with E-state index < -0.39 is 0 Å². The van der Waals surface area contributed by atoms with Crippen molar-refractivity contribution in [3.8, 4) is 0 Å². The van der Waals surface area contributed by atoms with Crippen molar-refractivity contribution in [2.24, 2.45) is 0 Å². The molecular formula is C22H34. The summed E-state index contributed by atoms with van der Waals surface area (Å²) in [5.74, 6) is 0.881. The van der Waals surface area contributed by atoms with Crippen molar-refractivity contribution in [3.05, 3.63) is 33.4 Å². The summed E-state index contributed by atoms with van der Waals surface area (Å²) in [6, 6.07) is 0. The lowest BCUT2D eigenvalue weighted by Gasteiger charge is -2.33. The summed E-state index contributed by atoms with van der Waals surface area (Å²) < 4.78 is 0. The highest BCUT2D eigenvalue weighted by atomic mass is 14.3. The molecule has 0 aromatic heterocycles. The second-order valence-electron chi connectivity index (χ2n) is 7.60. The molecule has 0 atom stereocenters. The minimum Gasteiger partial charge on any atom is -0.0651 e.